The maximum absolute atomic E-state index is 9.42. The van der Waals surface area contributed by atoms with E-state index in [0.717, 1.165) is 12.3 Å². The molecule has 0 aliphatic carbocycles. The van der Waals surface area contributed by atoms with Crippen LogP contribution in [0.15, 0.2) is 24.3 Å². The van der Waals surface area contributed by atoms with E-state index in [4.69, 9.17) is 0 Å². The second-order valence-corrected chi connectivity index (χ2v) is 8.54. The Labute approximate surface area is 170 Å². The molecule has 1 N–H and O–H groups in total. The Morgan fingerprint density at radius 1 is 0.593 bits per heavy atom. The summed E-state index contributed by atoms with van der Waals surface area (Å²) in [6, 6.07) is 7.79. The van der Waals surface area contributed by atoms with E-state index in [0.29, 0.717) is 5.75 Å². The molecule has 27 heavy (non-hydrogen) atoms. The number of aromatic hydroxyl groups is 1. The van der Waals surface area contributed by atoms with Gasteiger partial charge in [-0.3, -0.25) is 0 Å². The van der Waals surface area contributed by atoms with Gasteiger partial charge in [0.05, 0.1) is 0 Å². The molecule has 1 heteroatoms. The predicted octanol–water partition coefficient (Wildman–Crippen LogP) is 8.83. The summed E-state index contributed by atoms with van der Waals surface area (Å²) in [6.07, 6.45) is 23.7. The van der Waals surface area contributed by atoms with E-state index >= 15 is 0 Å². The monoisotopic (exact) mass is 374 g/mol. The highest BCUT2D eigenvalue weighted by atomic mass is 16.3. The molecule has 0 amide bonds. The van der Waals surface area contributed by atoms with Gasteiger partial charge in [-0.1, -0.05) is 122 Å². The molecule has 0 aliphatic heterocycles. The number of benzene rings is 1. The Balaban J connectivity index is 2.24. The summed E-state index contributed by atoms with van der Waals surface area (Å²) in [4.78, 5) is 0. The van der Waals surface area contributed by atoms with Crippen molar-refractivity contribution >= 4 is 0 Å². The van der Waals surface area contributed by atoms with Crippen LogP contribution >= 0.6 is 0 Å². The Morgan fingerprint density at radius 3 is 1.56 bits per heavy atom. The lowest BCUT2D eigenvalue weighted by Crippen LogP contribution is -2.02. The highest BCUT2D eigenvalue weighted by Gasteiger charge is 2.09. The van der Waals surface area contributed by atoms with E-state index in [-0.39, 0.29) is 0 Å². The molecular weight excluding hydrogens is 328 g/mol. The Kier molecular flexibility index (Phi) is 15.3. The fourth-order valence-electron chi connectivity index (χ4n) is 4.12. The van der Waals surface area contributed by atoms with Gasteiger partial charge in [0.25, 0.3) is 0 Å². The van der Waals surface area contributed by atoms with Gasteiger partial charge in [-0.25, -0.2) is 0 Å². The molecular formula is C26H46O. The molecule has 0 atom stereocenters. The van der Waals surface area contributed by atoms with E-state index < -0.39 is 0 Å². The lowest BCUT2D eigenvalue weighted by Gasteiger charge is -2.17. The molecule has 1 rings (SSSR count). The van der Waals surface area contributed by atoms with E-state index in [9.17, 15) is 5.11 Å². The van der Waals surface area contributed by atoms with Gasteiger partial charge in [0.1, 0.15) is 5.75 Å². The first-order valence-corrected chi connectivity index (χ1v) is 12.0. The van der Waals surface area contributed by atoms with Crippen molar-refractivity contribution in [3.8, 4) is 5.75 Å². The Morgan fingerprint density at radius 2 is 1.04 bits per heavy atom. The van der Waals surface area contributed by atoms with Gasteiger partial charge in [0.2, 0.25) is 0 Å². The number of phenols is 1. The lowest BCUT2D eigenvalue weighted by molar-refractivity contribution is 0.372. The van der Waals surface area contributed by atoms with E-state index in [2.05, 4.69) is 26.0 Å². The summed E-state index contributed by atoms with van der Waals surface area (Å²) in [5.74, 6) is 1.31. The molecule has 0 unspecified atom stereocenters. The highest BCUT2D eigenvalue weighted by Crippen LogP contribution is 2.24. The Bertz CT molecular complexity index is 406. The van der Waals surface area contributed by atoms with Crippen molar-refractivity contribution in [3.05, 3.63) is 29.8 Å². The van der Waals surface area contributed by atoms with Gasteiger partial charge in [-0.2, -0.15) is 0 Å². The molecule has 1 aromatic carbocycles. The zero-order chi connectivity index (χ0) is 19.6. The largest absolute Gasteiger partial charge is 0.508 e. The van der Waals surface area contributed by atoms with Crippen LogP contribution in [0.5, 0.6) is 5.75 Å². The van der Waals surface area contributed by atoms with Crippen LogP contribution < -0.4 is 0 Å². The van der Waals surface area contributed by atoms with Crippen molar-refractivity contribution in [2.45, 2.75) is 123 Å². The van der Waals surface area contributed by atoms with Crippen molar-refractivity contribution in [2.75, 3.05) is 0 Å². The van der Waals surface area contributed by atoms with Crippen LogP contribution in [-0.2, 0) is 6.42 Å². The molecule has 0 bridgehead atoms. The average molecular weight is 375 g/mol. The number of hydrogen-bond donors (Lipinski definition) is 1. The number of aryl methyl sites for hydroxylation is 1. The highest BCUT2D eigenvalue weighted by molar-refractivity contribution is 5.25. The quantitative estimate of drug-likeness (QED) is 0.254. The molecule has 0 radical (unpaired) electrons. The zero-order valence-electron chi connectivity index (χ0n) is 18.4. The third-order valence-electron chi connectivity index (χ3n) is 5.95. The van der Waals surface area contributed by atoms with E-state index in [1.54, 1.807) is 0 Å². The SMILES string of the molecule is CCCCCCCCC(CCCCCCCC)CCCc1ccc(O)cc1. The number of phenolic OH excluding ortho intramolecular Hbond substituents is 1. The maximum Gasteiger partial charge on any atom is 0.115 e. The van der Waals surface area contributed by atoms with E-state index in [1.807, 2.05) is 12.1 Å². The first kappa shape index (κ1) is 24.1. The standard InChI is InChI=1S/C26H46O/c1-3-5-7-9-11-13-16-24(17-14-12-10-8-6-4-2)18-15-19-25-20-22-26(27)23-21-25/h20-24,27H,3-19H2,1-2H3. The van der Waals surface area contributed by atoms with Gasteiger partial charge in [-0.15, -0.1) is 0 Å². The van der Waals surface area contributed by atoms with Gasteiger partial charge in [-0.05, 0) is 36.5 Å². The molecule has 0 aliphatic rings. The van der Waals surface area contributed by atoms with Crippen molar-refractivity contribution in [3.63, 3.8) is 0 Å². The van der Waals surface area contributed by atoms with Crippen LogP contribution in [0.2, 0.25) is 0 Å². The molecule has 1 nitrogen and oxygen atoms in total. The third-order valence-corrected chi connectivity index (χ3v) is 5.95. The predicted molar refractivity (Wildman–Crippen MR) is 121 cm³/mol. The molecule has 156 valence electrons. The summed E-state index contributed by atoms with van der Waals surface area (Å²) in [6.45, 7) is 4.59. The number of unbranched alkanes of at least 4 members (excludes halogenated alkanes) is 10. The normalized spacial score (nSPS) is 11.4. The van der Waals surface area contributed by atoms with Gasteiger partial charge in [0, 0.05) is 0 Å². The van der Waals surface area contributed by atoms with E-state index in [1.165, 1.54) is 108 Å². The topological polar surface area (TPSA) is 20.2 Å². The molecule has 0 fully saturated rings. The van der Waals surface area contributed by atoms with Crippen LogP contribution in [0, 0.1) is 5.92 Å². The average Bonchev–Trinajstić information content (AvgIpc) is 2.68. The first-order chi connectivity index (χ1) is 13.3. The molecule has 0 spiro atoms. The first-order valence-electron chi connectivity index (χ1n) is 12.0. The summed E-state index contributed by atoms with van der Waals surface area (Å²) < 4.78 is 0. The van der Waals surface area contributed by atoms with Gasteiger partial charge in [0.15, 0.2) is 0 Å². The number of rotatable bonds is 18. The van der Waals surface area contributed by atoms with Gasteiger partial charge >= 0.3 is 0 Å². The summed E-state index contributed by atoms with van der Waals surface area (Å²) >= 11 is 0. The molecule has 0 aromatic heterocycles. The Hall–Kier alpha value is -0.980. The molecule has 0 heterocycles. The van der Waals surface area contributed by atoms with Crippen LogP contribution in [-0.4, -0.2) is 5.11 Å². The summed E-state index contributed by atoms with van der Waals surface area (Å²) in [5.41, 5.74) is 1.37. The minimum absolute atomic E-state index is 0.378. The van der Waals surface area contributed by atoms with Crippen LogP contribution in [0.4, 0.5) is 0 Å². The molecule has 1 aromatic rings. The molecule has 0 saturated carbocycles. The third kappa shape index (κ3) is 13.8. The summed E-state index contributed by atoms with van der Waals surface area (Å²) in [5, 5.41) is 9.42. The maximum atomic E-state index is 9.42. The lowest BCUT2D eigenvalue weighted by atomic mass is 9.89. The second-order valence-electron chi connectivity index (χ2n) is 8.54. The van der Waals surface area contributed by atoms with Crippen LogP contribution in [0.3, 0.4) is 0 Å². The molecule has 0 saturated heterocycles. The fraction of sp³-hybridized carbons (Fsp3) is 0.769. The minimum atomic E-state index is 0.378. The smallest absolute Gasteiger partial charge is 0.115 e. The zero-order valence-corrected chi connectivity index (χ0v) is 18.4. The van der Waals surface area contributed by atoms with Crippen LogP contribution in [0.1, 0.15) is 122 Å². The minimum Gasteiger partial charge on any atom is -0.508 e. The van der Waals surface area contributed by atoms with Crippen molar-refractivity contribution in [1.82, 2.24) is 0 Å². The van der Waals surface area contributed by atoms with Crippen molar-refractivity contribution < 1.29 is 5.11 Å². The second kappa shape index (κ2) is 17.1. The van der Waals surface area contributed by atoms with Crippen molar-refractivity contribution in [2.24, 2.45) is 5.92 Å². The number of hydrogen-bond acceptors (Lipinski definition) is 1. The fourth-order valence-corrected chi connectivity index (χ4v) is 4.12. The summed E-state index contributed by atoms with van der Waals surface area (Å²) in [7, 11) is 0. The van der Waals surface area contributed by atoms with Crippen LogP contribution in [0.25, 0.3) is 0 Å². The van der Waals surface area contributed by atoms with Crippen molar-refractivity contribution in [1.29, 1.82) is 0 Å². The van der Waals surface area contributed by atoms with Gasteiger partial charge < -0.3 is 5.11 Å².